The summed E-state index contributed by atoms with van der Waals surface area (Å²) in [7, 11) is -4.40. The van der Waals surface area contributed by atoms with Gasteiger partial charge in [0.05, 0.1) is 26.4 Å². The van der Waals surface area contributed by atoms with E-state index >= 15 is 0 Å². The zero-order chi connectivity index (χ0) is 14.5. The summed E-state index contributed by atoms with van der Waals surface area (Å²) in [6.45, 7) is -1.78. The Bertz CT molecular complexity index is 404. The SMILES string of the molecule is O=C1C=CC(=O)N1CCOP(=O)(O)OCC(O)CO. The molecule has 1 aliphatic heterocycles. The van der Waals surface area contributed by atoms with Gasteiger partial charge in [-0.1, -0.05) is 0 Å². The molecule has 0 saturated heterocycles. The minimum Gasteiger partial charge on any atom is -0.394 e. The normalized spacial score (nSPS) is 19.8. The molecule has 9 nitrogen and oxygen atoms in total. The molecule has 0 aromatic rings. The topological polar surface area (TPSA) is 134 Å². The third-order valence-corrected chi connectivity index (χ3v) is 3.09. The number of carbonyl (C=O) groups excluding carboxylic acids is 2. The number of aliphatic hydroxyl groups excluding tert-OH is 2. The lowest BCUT2D eigenvalue weighted by molar-refractivity contribution is -0.137. The Balaban J connectivity index is 2.30. The van der Waals surface area contributed by atoms with Gasteiger partial charge in [0.2, 0.25) is 0 Å². The van der Waals surface area contributed by atoms with Gasteiger partial charge in [-0.3, -0.25) is 23.5 Å². The Labute approximate surface area is 108 Å². The van der Waals surface area contributed by atoms with Crippen LogP contribution < -0.4 is 0 Å². The summed E-state index contributed by atoms with van der Waals surface area (Å²) in [5.41, 5.74) is 0. The van der Waals surface area contributed by atoms with E-state index in [2.05, 4.69) is 9.05 Å². The molecule has 108 valence electrons. The van der Waals surface area contributed by atoms with Crippen LogP contribution in [0.4, 0.5) is 0 Å². The third kappa shape index (κ3) is 5.19. The molecule has 0 spiro atoms. The van der Waals surface area contributed by atoms with Crippen LogP contribution in [0.1, 0.15) is 0 Å². The van der Waals surface area contributed by atoms with Crippen molar-refractivity contribution in [1.29, 1.82) is 0 Å². The first-order chi connectivity index (χ1) is 8.85. The molecule has 19 heavy (non-hydrogen) atoms. The molecule has 1 aliphatic rings. The predicted molar refractivity (Wildman–Crippen MR) is 60.7 cm³/mol. The minimum atomic E-state index is -4.40. The monoisotopic (exact) mass is 295 g/mol. The van der Waals surface area contributed by atoms with Crippen molar-refractivity contribution in [3.8, 4) is 0 Å². The molecule has 2 amide bonds. The lowest BCUT2D eigenvalue weighted by Crippen LogP contribution is -2.33. The molecule has 0 aliphatic carbocycles. The van der Waals surface area contributed by atoms with Crippen LogP contribution in [0.3, 0.4) is 0 Å². The second-order valence-electron chi connectivity index (χ2n) is 3.60. The van der Waals surface area contributed by atoms with Crippen LogP contribution >= 0.6 is 7.82 Å². The highest BCUT2D eigenvalue weighted by atomic mass is 31.2. The molecule has 0 aromatic carbocycles. The van der Waals surface area contributed by atoms with Gasteiger partial charge in [-0.25, -0.2) is 4.57 Å². The van der Waals surface area contributed by atoms with E-state index in [4.69, 9.17) is 10.2 Å². The number of aliphatic hydroxyl groups is 2. The number of phosphoric acid groups is 1. The molecule has 0 radical (unpaired) electrons. The average Bonchev–Trinajstić information content (AvgIpc) is 2.67. The zero-order valence-electron chi connectivity index (χ0n) is 9.84. The second-order valence-corrected chi connectivity index (χ2v) is 5.05. The Morgan fingerprint density at radius 2 is 1.84 bits per heavy atom. The molecule has 0 aromatic heterocycles. The highest BCUT2D eigenvalue weighted by Gasteiger charge is 2.26. The Morgan fingerprint density at radius 3 is 2.37 bits per heavy atom. The lowest BCUT2D eigenvalue weighted by atomic mass is 10.4. The highest BCUT2D eigenvalue weighted by Crippen LogP contribution is 2.43. The number of carbonyl (C=O) groups is 2. The molecule has 3 N–H and O–H groups in total. The molecular formula is C9H14NO8P. The maximum Gasteiger partial charge on any atom is 0.472 e. The minimum absolute atomic E-state index is 0.193. The van der Waals surface area contributed by atoms with Gasteiger partial charge < -0.3 is 15.1 Å². The van der Waals surface area contributed by atoms with Crippen molar-refractivity contribution in [1.82, 2.24) is 4.90 Å². The summed E-state index contributed by atoms with van der Waals surface area (Å²) in [5.74, 6) is -1.06. The summed E-state index contributed by atoms with van der Waals surface area (Å²) in [6, 6.07) is 0. The number of rotatable bonds is 8. The number of phosphoric ester groups is 1. The Hall–Kier alpha value is -1.09. The first-order valence-corrected chi connectivity index (χ1v) is 6.79. The molecule has 0 saturated carbocycles. The van der Waals surface area contributed by atoms with Gasteiger partial charge >= 0.3 is 7.82 Å². The molecule has 1 heterocycles. The van der Waals surface area contributed by atoms with Crippen LogP contribution in [0.5, 0.6) is 0 Å². The summed E-state index contributed by atoms with van der Waals surface area (Å²) in [6.07, 6.45) is 0.860. The fraction of sp³-hybridized carbons (Fsp3) is 0.556. The van der Waals surface area contributed by atoms with Crippen molar-refractivity contribution in [3.63, 3.8) is 0 Å². The van der Waals surface area contributed by atoms with Crippen LogP contribution in [0.15, 0.2) is 12.2 Å². The summed E-state index contributed by atoms with van der Waals surface area (Å²) < 4.78 is 20.2. The van der Waals surface area contributed by atoms with Crippen LogP contribution in [0, 0.1) is 0 Å². The first-order valence-electron chi connectivity index (χ1n) is 5.30. The third-order valence-electron chi connectivity index (χ3n) is 2.11. The molecule has 2 unspecified atom stereocenters. The van der Waals surface area contributed by atoms with Gasteiger partial charge in [0, 0.05) is 12.2 Å². The summed E-state index contributed by atoms with van der Waals surface area (Å²) >= 11 is 0. The number of imide groups is 1. The number of hydrogen-bond acceptors (Lipinski definition) is 7. The first kappa shape index (κ1) is 16.0. The van der Waals surface area contributed by atoms with E-state index in [1.54, 1.807) is 0 Å². The van der Waals surface area contributed by atoms with Crippen molar-refractivity contribution in [2.75, 3.05) is 26.4 Å². The lowest BCUT2D eigenvalue weighted by Gasteiger charge is -2.16. The maximum absolute atomic E-state index is 11.3. The van der Waals surface area contributed by atoms with E-state index in [-0.39, 0.29) is 13.2 Å². The maximum atomic E-state index is 11.3. The van der Waals surface area contributed by atoms with Crippen LogP contribution in [0.25, 0.3) is 0 Å². The Morgan fingerprint density at radius 1 is 1.26 bits per heavy atom. The van der Waals surface area contributed by atoms with Gasteiger partial charge in [-0.15, -0.1) is 0 Å². The van der Waals surface area contributed by atoms with E-state index in [9.17, 15) is 19.0 Å². The molecular weight excluding hydrogens is 281 g/mol. The predicted octanol–water partition coefficient (Wildman–Crippen LogP) is -1.60. The van der Waals surface area contributed by atoms with E-state index in [0.29, 0.717) is 0 Å². The van der Waals surface area contributed by atoms with E-state index < -0.39 is 39.0 Å². The quantitative estimate of drug-likeness (QED) is 0.360. The van der Waals surface area contributed by atoms with Gasteiger partial charge in [-0.2, -0.15) is 0 Å². The van der Waals surface area contributed by atoms with Gasteiger partial charge in [0.15, 0.2) is 0 Å². The van der Waals surface area contributed by atoms with E-state index in [1.807, 2.05) is 0 Å². The van der Waals surface area contributed by atoms with Crippen LogP contribution in [-0.4, -0.2) is 64.3 Å². The Kier molecular flexibility index (Phi) is 5.80. The standard InChI is InChI=1S/C9H14NO8P/c11-5-7(12)6-18-19(15,16)17-4-3-10-8(13)1-2-9(10)14/h1-2,7,11-12H,3-6H2,(H,15,16). The number of hydrogen-bond donors (Lipinski definition) is 3. The van der Waals surface area contributed by atoms with Gasteiger partial charge in [0.1, 0.15) is 6.10 Å². The number of amides is 2. The van der Waals surface area contributed by atoms with Crippen molar-refractivity contribution in [2.45, 2.75) is 6.10 Å². The molecule has 1 rings (SSSR count). The summed E-state index contributed by atoms with van der Waals surface area (Å²) in [4.78, 5) is 32.3. The van der Waals surface area contributed by atoms with Gasteiger partial charge in [-0.05, 0) is 0 Å². The molecule has 10 heteroatoms. The van der Waals surface area contributed by atoms with E-state index in [0.717, 1.165) is 17.1 Å². The fourth-order valence-electron chi connectivity index (χ4n) is 1.17. The molecule has 2 atom stereocenters. The van der Waals surface area contributed by atoms with Crippen molar-refractivity contribution < 1.29 is 38.3 Å². The molecule has 0 bridgehead atoms. The van der Waals surface area contributed by atoms with Crippen molar-refractivity contribution >= 4 is 19.6 Å². The zero-order valence-corrected chi connectivity index (χ0v) is 10.7. The van der Waals surface area contributed by atoms with E-state index in [1.165, 1.54) is 0 Å². The van der Waals surface area contributed by atoms with Gasteiger partial charge in [0.25, 0.3) is 11.8 Å². The molecule has 0 fully saturated rings. The largest absolute Gasteiger partial charge is 0.472 e. The van der Waals surface area contributed by atoms with Crippen LogP contribution in [-0.2, 0) is 23.2 Å². The average molecular weight is 295 g/mol. The smallest absolute Gasteiger partial charge is 0.394 e. The van der Waals surface area contributed by atoms with Crippen molar-refractivity contribution in [2.24, 2.45) is 0 Å². The van der Waals surface area contributed by atoms with Crippen molar-refractivity contribution in [3.05, 3.63) is 12.2 Å². The second kappa shape index (κ2) is 6.90. The summed E-state index contributed by atoms with van der Waals surface area (Å²) in [5, 5.41) is 17.4. The fourth-order valence-corrected chi connectivity index (χ4v) is 1.92. The number of nitrogens with zero attached hydrogens (tertiary/aromatic N) is 1. The van der Waals surface area contributed by atoms with Crippen LogP contribution in [0.2, 0.25) is 0 Å². The highest BCUT2D eigenvalue weighted by molar-refractivity contribution is 7.47.